The van der Waals surface area contributed by atoms with E-state index < -0.39 is 17.4 Å². The Morgan fingerprint density at radius 2 is 1.95 bits per heavy atom. The van der Waals surface area contributed by atoms with Crippen LogP contribution < -0.4 is 5.32 Å². The van der Waals surface area contributed by atoms with Gasteiger partial charge in [0.15, 0.2) is 5.78 Å². The molecule has 1 amide bonds. The molecule has 1 aliphatic rings. The largest absolute Gasteiger partial charge is 0.353 e. The van der Waals surface area contributed by atoms with E-state index in [2.05, 4.69) is 5.32 Å². The van der Waals surface area contributed by atoms with Crippen molar-refractivity contribution in [2.45, 2.75) is 38.1 Å². The van der Waals surface area contributed by atoms with E-state index in [4.69, 9.17) is 0 Å². The highest BCUT2D eigenvalue weighted by Crippen LogP contribution is 2.19. The fourth-order valence-corrected chi connectivity index (χ4v) is 1.78. The predicted octanol–water partition coefficient (Wildman–Crippen LogP) is 2.60. The van der Waals surface area contributed by atoms with Gasteiger partial charge >= 0.3 is 0 Å². The molecule has 1 aliphatic carbocycles. The second-order valence-corrected chi connectivity index (χ2v) is 4.74. The number of halogens is 2. The monoisotopic (exact) mass is 267 g/mol. The highest BCUT2D eigenvalue weighted by Gasteiger charge is 2.23. The van der Waals surface area contributed by atoms with Gasteiger partial charge in [0.2, 0.25) is 5.91 Å². The van der Waals surface area contributed by atoms with Crippen LogP contribution in [0, 0.1) is 11.6 Å². The second kappa shape index (κ2) is 5.91. The minimum absolute atomic E-state index is 0.0401. The van der Waals surface area contributed by atoms with E-state index in [0.717, 1.165) is 31.0 Å². The average Bonchev–Trinajstić information content (AvgIpc) is 3.16. The molecule has 1 aromatic carbocycles. The van der Waals surface area contributed by atoms with Crippen LogP contribution in [0.2, 0.25) is 0 Å². The molecular formula is C14H15F2NO2. The zero-order valence-electron chi connectivity index (χ0n) is 10.4. The van der Waals surface area contributed by atoms with Crippen LogP contribution in [0.15, 0.2) is 18.2 Å². The molecule has 0 heterocycles. The van der Waals surface area contributed by atoms with Gasteiger partial charge in [-0.25, -0.2) is 8.78 Å². The van der Waals surface area contributed by atoms with Crippen LogP contribution in [0.4, 0.5) is 8.78 Å². The molecular weight excluding hydrogens is 252 g/mol. The maximum atomic E-state index is 13.3. The summed E-state index contributed by atoms with van der Waals surface area (Å²) in [6.07, 6.45) is 2.64. The summed E-state index contributed by atoms with van der Waals surface area (Å²) in [5.74, 6) is -1.93. The molecule has 0 aliphatic heterocycles. The van der Waals surface area contributed by atoms with Gasteiger partial charge in [0, 0.05) is 18.9 Å². The number of hydrogen-bond acceptors (Lipinski definition) is 2. The number of nitrogens with one attached hydrogen (secondary N) is 1. The number of hydrogen-bond donors (Lipinski definition) is 1. The number of ketones is 1. The summed E-state index contributed by atoms with van der Waals surface area (Å²) >= 11 is 0. The lowest BCUT2D eigenvalue weighted by Gasteiger charge is -2.04. The predicted molar refractivity (Wildman–Crippen MR) is 65.7 cm³/mol. The van der Waals surface area contributed by atoms with Gasteiger partial charge in [-0.15, -0.1) is 0 Å². The molecule has 1 saturated carbocycles. The summed E-state index contributed by atoms with van der Waals surface area (Å²) in [4.78, 5) is 23.1. The molecule has 0 saturated heterocycles. The number of carbonyl (C=O) groups excluding carboxylic acids is 2. The first-order chi connectivity index (χ1) is 9.06. The molecule has 3 nitrogen and oxygen atoms in total. The van der Waals surface area contributed by atoms with Crippen molar-refractivity contribution in [1.82, 2.24) is 5.32 Å². The summed E-state index contributed by atoms with van der Waals surface area (Å²) < 4.78 is 26.2. The molecule has 1 N–H and O–H groups in total. The van der Waals surface area contributed by atoms with Crippen molar-refractivity contribution in [3.05, 3.63) is 35.4 Å². The third kappa shape index (κ3) is 4.12. The van der Waals surface area contributed by atoms with Crippen LogP contribution in [0.25, 0.3) is 0 Å². The van der Waals surface area contributed by atoms with Crippen LogP contribution in [0.5, 0.6) is 0 Å². The van der Waals surface area contributed by atoms with Gasteiger partial charge < -0.3 is 5.32 Å². The van der Waals surface area contributed by atoms with Crippen LogP contribution in [0.3, 0.4) is 0 Å². The second-order valence-electron chi connectivity index (χ2n) is 4.74. The molecule has 102 valence electrons. The molecule has 19 heavy (non-hydrogen) atoms. The summed E-state index contributed by atoms with van der Waals surface area (Å²) in [7, 11) is 0. The smallest absolute Gasteiger partial charge is 0.220 e. The van der Waals surface area contributed by atoms with Gasteiger partial charge in [-0.3, -0.25) is 9.59 Å². The van der Waals surface area contributed by atoms with E-state index in [9.17, 15) is 18.4 Å². The Kier molecular flexibility index (Phi) is 4.24. The van der Waals surface area contributed by atoms with Crippen molar-refractivity contribution in [2.24, 2.45) is 0 Å². The molecule has 0 radical (unpaired) electrons. The third-order valence-electron chi connectivity index (χ3n) is 2.98. The fraction of sp³-hybridized carbons (Fsp3) is 0.429. The Labute approximate surface area is 110 Å². The van der Waals surface area contributed by atoms with Crippen molar-refractivity contribution >= 4 is 11.7 Å². The number of rotatable bonds is 6. The van der Waals surface area contributed by atoms with Gasteiger partial charge in [-0.2, -0.15) is 0 Å². The summed E-state index contributed by atoms with van der Waals surface area (Å²) in [5, 5.41) is 2.80. The lowest BCUT2D eigenvalue weighted by Crippen LogP contribution is -2.25. The maximum Gasteiger partial charge on any atom is 0.220 e. The van der Waals surface area contributed by atoms with Gasteiger partial charge in [0.25, 0.3) is 0 Å². The van der Waals surface area contributed by atoms with Crippen molar-refractivity contribution in [3.63, 3.8) is 0 Å². The van der Waals surface area contributed by atoms with E-state index in [1.165, 1.54) is 0 Å². The van der Waals surface area contributed by atoms with Crippen LogP contribution in [-0.2, 0) is 4.79 Å². The number of benzene rings is 1. The Morgan fingerprint density at radius 1 is 1.21 bits per heavy atom. The quantitative estimate of drug-likeness (QED) is 0.805. The third-order valence-corrected chi connectivity index (χ3v) is 2.98. The first-order valence-corrected chi connectivity index (χ1v) is 6.34. The van der Waals surface area contributed by atoms with Crippen molar-refractivity contribution < 1.29 is 18.4 Å². The van der Waals surface area contributed by atoms with Crippen LogP contribution in [-0.4, -0.2) is 17.7 Å². The minimum atomic E-state index is -0.728. The standard InChI is InChI=1S/C14H15F2NO2/c15-9-4-7-12(16)11(8-9)13(18)2-1-3-14(19)17-10-5-6-10/h4,7-8,10H,1-3,5-6H2,(H,17,19). The lowest BCUT2D eigenvalue weighted by molar-refractivity contribution is -0.121. The van der Waals surface area contributed by atoms with E-state index in [-0.39, 0.29) is 24.3 Å². The van der Waals surface area contributed by atoms with E-state index in [1.807, 2.05) is 0 Å². The van der Waals surface area contributed by atoms with E-state index >= 15 is 0 Å². The molecule has 2 rings (SSSR count). The van der Waals surface area contributed by atoms with Crippen LogP contribution in [0.1, 0.15) is 42.5 Å². The number of amides is 1. The average molecular weight is 267 g/mol. The lowest BCUT2D eigenvalue weighted by atomic mass is 10.0. The first-order valence-electron chi connectivity index (χ1n) is 6.34. The Morgan fingerprint density at radius 3 is 2.63 bits per heavy atom. The van der Waals surface area contributed by atoms with Gasteiger partial charge in [0.1, 0.15) is 11.6 Å². The summed E-state index contributed by atoms with van der Waals surface area (Å²) in [6, 6.07) is 3.09. The van der Waals surface area contributed by atoms with Gasteiger partial charge in [-0.05, 0) is 37.5 Å². The maximum absolute atomic E-state index is 13.3. The summed E-state index contributed by atoms with van der Waals surface area (Å²) in [5.41, 5.74) is -0.248. The number of carbonyl (C=O) groups is 2. The minimum Gasteiger partial charge on any atom is -0.353 e. The molecule has 5 heteroatoms. The number of Topliss-reactive ketones (excluding diaryl/α,β-unsaturated/α-hetero) is 1. The van der Waals surface area contributed by atoms with Crippen LogP contribution >= 0.6 is 0 Å². The molecule has 0 unspecified atom stereocenters. The molecule has 0 spiro atoms. The van der Waals surface area contributed by atoms with E-state index in [1.54, 1.807) is 0 Å². The van der Waals surface area contributed by atoms with Crippen molar-refractivity contribution in [3.8, 4) is 0 Å². The zero-order valence-corrected chi connectivity index (χ0v) is 10.4. The highest BCUT2D eigenvalue weighted by molar-refractivity contribution is 5.96. The SMILES string of the molecule is O=C(CCCC(=O)c1cc(F)ccc1F)NC1CC1. The Hall–Kier alpha value is -1.78. The highest BCUT2D eigenvalue weighted by atomic mass is 19.1. The molecule has 0 aromatic heterocycles. The van der Waals surface area contributed by atoms with Gasteiger partial charge in [0.05, 0.1) is 5.56 Å². The Balaban J connectivity index is 1.80. The molecule has 1 aromatic rings. The van der Waals surface area contributed by atoms with E-state index in [0.29, 0.717) is 12.5 Å². The molecule has 0 atom stereocenters. The zero-order chi connectivity index (χ0) is 13.8. The molecule has 0 bridgehead atoms. The topological polar surface area (TPSA) is 46.2 Å². The fourth-order valence-electron chi connectivity index (χ4n) is 1.78. The normalized spacial score (nSPS) is 14.2. The Bertz CT molecular complexity index is 498. The molecule has 1 fully saturated rings. The van der Waals surface area contributed by atoms with Gasteiger partial charge in [-0.1, -0.05) is 0 Å². The van der Waals surface area contributed by atoms with Crippen molar-refractivity contribution in [2.75, 3.05) is 0 Å². The first kappa shape index (κ1) is 13.6. The summed E-state index contributed by atoms with van der Waals surface area (Å²) in [6.45, 7) is 0. The van der Waals surface area contributed by atoms with Crippen molar-refractivity contribution in [1.29, 1.82) is 0 Å².